The number of anilines is 2. The number of nitriles is 1. The molecule has 1 saturated carbocycles. The van der Waals surface area contributed by atoms with E-state index in [2.05, 4.69) is 17.6 Å². The molecule has 0 spiro atoms. The maximum absolute atomic E-state index is 12.1. The monoisotopic (exact) mass is 298 g/mol. The third-order valence-electron chi connectivity index (χ3n) is 4.09. The number of nitrogens with zero attached hydrogens (tertiary/aromatic N) is 1. The number of carbonyl (C=O) groups is 1. The smallest absolute Gasteiger partial charge is 0.267 e. The minimum absolute atomic E-state index is 0.0783. The molecule has 116 valence electrons. The molecule has 0 bridgehead atoms. The summed E-state index contributed by atoms with van der Waals surface area (Å²) in [4.78, 5) is 12.1. The van der Waals surface area contributed by atoms with Crippen molar-refractivity contribution >= 4 is 17.3 Å². The van der Waals surface area contributed by atoms with Crippen molar-refractivity contribution < 1.29 is 4.79 Å². The van der Waals surface area contributed by atoms with Crippen LogP contribution in [0.4, 0.5) is 11.4 Å². The summed E-state index contributed by atoms with van der Waals surface area (Å²) in [6, 6.07) is 9.10. The molecule has 1 fully saturated rings. The number of hydrogen-bond acceptors (Lipinski definition) is 4. The molecule has 1 aromatic rings. The van der Waals surface area contributed by atoms with Gasteiger partial charge in [0.1, 0.15) is 11.6 Å². The Bertz CT molecular complexity index is 586. The maximum Gasteiger partial charge on any atom is 0.267 e. The van der Waals surface area contributed by atoms with Crippen molar-refractivity contribution in [2.75, 3.05) is 11.1 Å². The molecule has 2 unspecified atom stereocenters. The van der Waals surface area contributed by atoms with Gasteiger partial charge in [-0.05, 0) is 43.0 Å². The van der Waals surface area contributed by atoms with Crippen molar-refractivity contribution in [1.29, 1.82) is 5.26 Å². The van der Waals surface area contributed by atoms with Crippen LogP contribution in [0.5, 0.6) is 0 Å². The lowest BCUT2D eigenvalue weighted by Crippen LogP contribution is -2.34. The van der Waals surface area contributed by atoms with Crippen LogP contribution < -0.4 is 16.4 Å². The lowest BCUT2D eigenvalue weighted by molar-refractivity contribution is -0.112. The highest BCUT2D eigenvalue weighted by atomic mass is 16.1. The third kappa shape index (κ3) is 4.26. The van der Waals surface area contributed by atoms with Gasteiger partial charge in [-0.3, -0.25) is 4.79 Å². The Kier molecular flexibility index (Phi) is 5.42. The zero-order chi connectivity index (χ0) is 15.9. The van der Waals surface area contributed by atoms with Crippen molar-refractivity contribution in [3.63, 3.8) is 0 Å². The summed E-state index contributed by atoms with van der Waals surface area (Å²) in [6.07, 6.45) is 6.25. The lowest BCUT2D eigenvalue weighted by atomic mass is 9.86. The van der Waals surface area contributed by atoms with Crippen molar-refractivity contribution in [2.45, 2.75) is 38.6 Å². The molecule has 4 N–H and O–H groups in total. The summed E-state index contributed by atoms with van der Waals surface area (Å²) < 4.78 is 0. The third-order valence-corrected chi connectivity index (χ3v) is 4.09. The number of nitrogens with one attached hydrogen (secondary N) is 2. The molecule has 1 amide bonds. The molecule has 2 atom stereocenters. The Balaban J connectivity index is 1.97. The van der Waals surface area contributed by atoms with Gasteiger partial charge in [0.2, 0.25) is 0 Å². The van der Waals surface area contributed by atoms with Crippen molar-refractivity contribution in [2.24, 2.45) is 5.92 Å². The fourth-order valence-corrected chi connectivity index (χ4v) is 2.67. The van der Waals surface area contributed by atoms with Gasteiger partial charge in [0.25, 0.3) is 5.91 Å². The molecule has 5 heteroatoms. The molecule has 0 aromatic heterocycles. The number of amides is 1. The molecule has 1 aromatic carbocycles. The molecule has 5 nitrogen and oxygen atoms in total. The van der Waals surface area contributed by atoms with E-state index in [1.807, 2.05) is 6.07 Å². The molecule has 0 saturated heterocycles. The van der Waals surface area contributed by atoms with Crippen molar-refractivity contribution in [3.8, 4) is 6.07 Å². The van der Waals surface area contributed by atoms with Gasteiger partial charge >= 0.3 is 0 Å². The first kappa shape index (κ1) is 15.9. The first-order valence-corrected chi connectivity index (χ1v) is 7.63. The fourth-order valence-electron chi connectivity index (χ4n) is 2.67. The van der Waals surface area contributed by atoms with Gasteiger partial charge in [-0.2, -0.15) is 5.26 Å². The largest absolute Gasteiger partial charge is 0.399 e. The van der Waals surface area contributed by atoms with Crippen LogP contribution in [0.1, 0.15) is 32.6 Å². The Morgan fingerprint density at radius 2 is 2.00 bits per heavy atom. The second-order valence-electron chi connectivity index (χ2n) is 5.78. The number of nitrogens with two attached hydrogens (primary N) is 1. The molecule has 0 aliphatic heterocycles. The van der Waals surface area contributed by atoms with Crippen LogP contribution in [0.3, 0.4) is 0 Å². The van der Waals surface area contributed by atoms with E-state index in [4.69, 9.17) is 5.73 Å². The SMILES string of the molecule is CC1CCCCC1N/C=C(/C#N)C(=O)Nc1ccc(N)cc1. The van der Waals surface area contributed by atoms with Gasteiger partial charge in [0.05, 0.1) is 0 Å². The van der Waals surface area contributed by atoms with Gasteiger partial charge < -0.3 is 16.4 Å². The van der Waals surface area contributed by atoms with Crippen LogP contribution in [0.15, 0.2) is 36.0 Å². The van der Waals surface area contributed by atoms with E-state index < -0.39 is 5.91 Å². The summed E-state index contributed by atoms with van der Waals surface area (Å²) in [5.41, 5.74) is 6.92. The van der Waals surface area contributed by atoms with E-state index in [-0.39, 0.29) is 5.57 Å². The van der Waals surface area contributed by atoms with E-state index in [9.17, 15) is 10.1 Å². The van der Waals surface area contributed by atoms with Crippen LogP contribution in [0.25, 0.3) is 0 Å². The van der Waals surface area contributed by atoms with Gasteiger partial charge in [0.15, 0.2) is 0 Å². The van der Waals surface area contributed by atoms with Gasteiger partial charge in [0, 0.05) is 23.6 Å². The molecule has 22 heavy (non-hydrogen) atoms. The van der Waals surface area contributed by atoms with Crippen LogP contribution in [0, 0.1) is 17.2 Å². The van der Waals surface area contributed by atoms with E-state index in [1.54, 1.807) is 30.5 Å². The highest BCUT2D eigenvalue weighted by Crippen LogP contribution is 2.23. The lowest BCUT2D eigenvalue weighted by Gasteiger charge is -2.29. The van der Waals surface area contributed by atoms with Crippen LogP contribution >= 0.6 is 0 Å². The van der Waals surface area contributed by atoms with Crippen LogP contribution in [-0.2, 0) is 4.79 Å². The molecule has 0 heterocycles. The Labute approximate surface area is 131 Å². The van der Waals surface area contributed by atoms with Gasteiger partial charge in [-0.1, -0.05) is 19.8 Å². The minimum atomic E-state index is -0.414. The quantitative estimate of drug-likeness (QED) is 0.453. The highest BCUT2D eigenvalue weighted by Gasteiger charge is 2.20. The number of rotatable bonds is 4. The summed E-state index contributed by atoms with van der Waals surface area (Å²) >= 11 is 0. The summed E-state index contributed by atoms with van der Waals surface area (Å²) in [5.74, 6) is 0.147. The number of hydrogen-bond donors (Lipinski definition) is 3. The average Bonchev–Trinajstić information content (AvgIpc) is 2.52. The van der Waals surface area contributed by atoms with E-state index in [0.717, 1.165) is 6.42 Å². The van der Waals surface area contributed by atoms with E-state index >= 15 is 0 Å². The summed E-state index contributed by atoms with van der Waals surface area (Å²) in [5, 5.41) is 15.1. The van der Waals surface area contributed by atoms with Gasteiger partial charge in [-0.25, -0.2) is 0 Å². The summed E-state index contributed by atoms with van der Waals surface area (Å²) in [6.45, 7) is 2.20. The molecule has 0 radical (unpaired) electrons. The highest BCUT2D eigenvalue weighted by molar-refractivity contribution is 6.06. The Hall–Kier alpha value is -2.48. The first-order valence-electron chi connectivity index (χ1n) is 7.63. The van der Waals surface area contributed by atoms with Crippen molar-refractivity contribution in [1.82, 2.24) is 5.32 Å². The standard InChI is InChI=1S/C17H22N4O/c1-12-4-2-3-5-16(12)20-11-13(10-18)17(22)21-15-8-6-14(19)7-9-15/h6-9,11-12,16,20H,2-5,19H2,1H3,(H,21,22)/b13-11-. The van der Waals surface area contributed by atoms with Crippen molar-refractivity contribution in [3.05, 3.63) is 36.0 Å². The maximum atomic E-state index is 12.1. The molecule has 2 rings (SSSR count). The predicted octanol–water partition coefficient (Wildman–Crippen LogP) is 2.78. The molecule has 1 aliphatic carbocycles. The molecule has 1 aliphatic rings. The average molecular weight is 298 g/mol. The zero-order valence-corrected chi connectivity index (χ0v) is 12.8. The normalized spacial score (nSPS) is 21.7. The number of nitrogen functional groups attached to an aromatic ring is 1. The Morgan fingerprint density at radius 3 is 2.64 bits per heavy atom. The number of benzene rings is 1. The second-order valence-corrected chi connectivity index (χ2v) is 5.78. The Morgan fingerprint density at radius 1 is 1.32 bits per heavy atom. The topological polar surface area (TPSA) is 90.9 Å². The van der Waals surface area contributed by atoms with Gasteiger partial charge in [-0.15, -0.1) is 0 Å². The molecular formula is C17H22N4O. The number of carbonyl (C=O) groups excluding carboxylic acids is 1. The summed E-state index contributed by atoms with van der Waals surface area (Å²) in [7, 11) is 0. The van der Waals surface area contributed by atoms with E-state index in [0.29, 0.717) is 23.3 Å². The predicted molar refractivity (Wildman–Crippen MR) is 87.7 cm³/mol. The van der Waals surface area contributed by atoms with Crippen LogP contribution in [0.2, 0.25) is 0 Å². The second kappa shape index (κ2) is 7.51. The minimum Gasteiger partial charge on any atom is -0.399 e. The fraction of sp³-hybridized carbons (Fsp3) is 0.412. The first-order chi connectivity index (χ1) is 10.6. The van der Waals surface area contributed by atoms with E-state index in [1.165, 1.54) is 19.3 Å². The molecular weight excluding hydrogens is 276 g/mol. The van der Waals surface area contributed by atoms with Crippen LogP contribution in [-0.4, -0.2) is 11.9 Å². The zero-order valence-electron chi connectivity index (χ0n) is 12.8.